The molecule has 0 atom stereocenters. The molecule has 1 aliphatic heterocycles. The lowest BCUT2D eigenvalue weighted by molar-refractivity contribution is 0.102. The Hall–Kier alpha value is -2.27. The van der Waals surface area contributed by atoms with Gasteiger partial charge in [-0.2, -0.15) is 0 Å². The summed E-state index contributed by atoms with van der Waals surface area (Å²) < 4.78 is 24.8. The Kier molecular flexibility index (Phi) is 4.15. The van der Waals surface area contributed by atoms with Crippen LogP contribution in [0.2, 0.25) is 5.02 Å². The van der Waals surface area contributed by atoms with Crippen molar-refractivity contribution >= 4 is 23.2 Å². The van der Waals surface area contributed by atoms with Crippen molar-refractivity contribution in [3.05, 3.63) is 52.8 Å². The summed E-state index contributed by atoms with van der Waals surface area (Å²) in [5, 5.41) is 2.45. The van der Waals surface area contributed by atoms with Crippen LogP contribution in [-0.4, -0.2) is 19.1 Å². The van der Waals surface area contributed by atoms with E-state index in [0.29, 0.717) is 30.3 Å². The molecule has 0 radical (unpaired) electrons. The molecule has 2 aromatic rings. The summed E-state index contributed by atoms with van der Waals surface area (Å²) in [5.74, 6) is 0.00313. The van der Waals surface area contributed by atoms with Crippen molar-refractivity contribution in [1.82, 2.24) is 0 Å². The second kappa shape index (κ2) is 6.23. The molecule has 4 nitrogen and oxygen atoms in total. The van der Waals surface area contributed by atoms with Gasteiger partial charge in [-0.1, -0.05) is 17.7 Å². The molecular formula is C16H13ClFNO3. The van der Waals surface area contributed by atoms with Gasteiger partial charge in [0.25, 0.3) is 5.91 Å². The molecule has 22 heavy (non-hydrogen) atoms. The van der Waals surface area contributed by atoms with Crippen LogP contribution in [0, 0.1) is 5.82 Å². The Morgan fingerprint density at radius 3 is 2.73 bits per heavy atom. The van der Waals surface area contributed by atoms with E-state index < -0.39 is 11.7 Å². The number of carbonyl (C=O) groups is 1. The predicted octanol–water partition coefficient (Wildman–Crippen LogP) is 3.89. The minimum absolute atomic E-state index is 0.0320. The average molecular weight is 322 g/mol. The first-order valence-electron chi connectivity index (χ1n) is 6.80. The third-order valence-corrected chi connectivity index (χ3v) is 3.50. The van der Waals surface area contributed by atoms with Gasteiger partial charge in [-0.15, -0.1) is 0 Å². The van der Waals surface area contributed by atoms with Gasteiger partial charge in [0.05, 0.1) is 23.9 Å². The second-order valence-electron chi connectivity index (χ2n) is 4.77. The van der Waals surface area contributed by atoms with E-state index in [2.05, 4.69) is 5.32 Å². The fourth-order valence-electron chi connectivity index (χ4n) is 2.10. The Balaban J connectivity index is 1.83. The number of amides is 1. The van der Waals surface area contributed by atoms with Crippen LogP contribution in [0.1, 0.15) is 16.8 Å². The van der Waals surface area contributed by atoms with Gasteiger partial charge < -0.3 is 14.8 Å². The van der Waals surface area contributed by atoms with Crippen LogP contribution in [0.3, 0.4) is 0 Å². The van der Waals surface area contributed by atoms with E-state index in [9.17, 15) is 9.18 Å². The molecule has 0 spiro atoms. The number of ether oxygens (including phenoxy) is 2. The lowest BCUT2D eigenvalue weighted by Gasteiger charge is -2.10. The minimum Gasteiger partial charge on any atom is -0.490 e. The Bertz CT molecular complexity index is 721. The van der Waals surface area contributed by atoms with Crippen LogP contribution in [0.25, 0.3) is 0 Å². The fourth-order valence-corrected chi connectivity index (χ4v) is 2.27. The molecule has 0 bridgehead atoms. The molecule has 1 aliphatic rings. The molecule has 0 saturated carbocycles. The van der Waals surface area contributed by atoms with E-state index >= 15 is 0 Å². The molecule has 1 heterocycles. The number of nitrogens with one attached hydrogen (secondary N) is 1. The normalized spacial score (nSPS) is 13.4. The highest BCUT2D eigenvalue weighted by Gasteiger charge is 2.16. The highest BCUT2D eigenvalue weighted by Crippen LogP contribution is 2.31. The van der Waals surface area contributed by atoms with E-state index in [1.165, 1.54) is 12.1 Å². The summed E-state index contributed by atoms with van der Waals surface area (Å²) in [6.45, 7) is 1.10. The highest BCUT2D eigenvalue weighted by molar-refractivity contribution is 6.31. The monoisotopic (exact) mass is 321 g/mol. The average Bonchev–Trinajstić information content (AvgIpc) is 2.76. The summed E-state index contributed by atoms with van der Waals surface area (Å²) in [6, 6.07) is 9.28. The van der Waals surface area contributed by atoms with Crippen LogP contribution < -0.4 is 14.8 Å². The maximum atomic E-state index is 13.8. The molecule has 1 amide bonds. The van der Waals surface area contributed by atoms with Gasteiger partial charge >= 0.3 is 0 Å². The minimum atomic E-state index is -0.660. The molecule has 1 N–H and O–H groups in total. The van der Waals surface area contributed by atoms with Gasteiger partial charge in [-0.05, 0) is 30.3 Å². The van der Waals surface area contributed by atoms with Crippen LogP contribution >= 0.6 is 11.6 Å². The van der Waals surface area contributed by atoms with Gasteiger partial charge in [0.2, 0.25) is 0 Å². The molecule has 0 saturated heterocycles. The van der Waals surface area contributed by atoms with Gasteiger partial charge in [0.15, 0.2) is 17.3 Å². The quantitative estimate of drug-likeness (QED) is 0.912. The third kappa shape index (κ3) is 2.99. The Labute approximate surface area is 131 Å². The van der Waals surface area contributed by atoms with E-state index in [-0.39, 0.29) is 10.7 Å². The first-order chi connectivity index (χ1) is 10.6. The van der Waals surface area contributed by atoms with E-state index in [1.54, 1.807) is 24.3 Å². The van der Waals surface area contributed by atoms with Crippen LogP contribution in [-0.2, 0) is 0 Å². The zero-order valence-electron chi connectivity index (χ0n) is 11.6. The van der Waals surface area contributed by atoms with Crippen molar-refractivity contribution in [1.29, 1.82) is 0 Å². The summed E-state index contributed by atoms with van der Waals surface area (Å²) in [4.78, 5) is 12.2. The lowest BCUT2D eigenvalue weighted by atomic mass is 10.2. The number of hydrogen-bond acceptors (Lipinski definition) is 3. The third-order valence-electron chi connectivity index (χ3n) is 3.21. The van der Waals surface area contributed by atoms with Crippen molar-refractivity contribution in [2.75, 3.05) is 18.5 Å². The Morgan fingerprint density at radius 1 is 1.14 bits per heavy atom. The molecule has 0 fully saturated rings. The molecule has 3 rings (SSSR count). The molecular weight excluding hydrogens is 309 g/mol. The van der Waals surface area contributed by atoms with Crippen LogP contribution in [0.4, 0.5) is 10.1 Å². The topological polar surface area (TPSA) is 47.6 Å². The first-order valence-corrected chi connectivity index (χ1v) is 7.18. The molecule has 2 aromatic carbocycles. The van der Waals surface area contributed by atoms with Gasteiger partial charge in [0, 0.05) is 12.0 Å². The highest BCUT2D eigenvalue weighted by atomic mass is 35.5. The summed E-state index contributed by atoms with van der Waals surface area (Å²) in [6.07, 6.45) is 0.782. The van der Waals surface area contributed by atoms with E-state index in [0.717, 1.165) is 6.42 Å². The van der Waals surface area contributed by atoms with E-state index in [4.69, 9.17) is 21.1 Å². The maximum absolute atomic E-state index is 13.8. The molecule has 114 valence electrons. The van der Waals surface area contributed by atoms with E-state index in [1.807, 2.05) is 0 Å². The SMILES string of the molecule is O=C(Nc1cccc(Cl)c1F)c1ccc2c(c1)OCCCO2. The van der Waals surface area contributed by atoms with Crippen molar-refractivity contribution < 1.29 is 18.7 Å². The number of carbonyl (C=O) groups excluding carboxylic acids is 1. The molecule has 6 heteroatoms. The van der Waals surface area contributed by atoms with Crippen LogP contribution in [0.5, 0.6) is 11.5 Å². The Morgan fingerprint density at radius 2 is 1.91 bits per heavy atom. The predicted molar refractivity (Wildman–Crippen MR) is 81.4 cm³/mol. The number of anilines is 1. The fraction of sp³-hybridized carbons (Fsp3) is 0.188. The first kappa shape index (κ1) is 14.7. The zero-order chi connectivity index (χ0) is 15.5. The van der Waals surface area contributed by atoms with Gasteiger partial charge in [0.1, 0.15) is 0 Å². The largest absolute Gasteiger partial charge is 0.490 e. The lowest BCUT2D eigenvalue weighted by Crippen LogP contribution is -2.13. The number of halogens is 2. The number of hydrogen-bond donors (Lipinski definition) is 1. The molecule has 0 aliphatic carbocycles. The van der Waals surface area contributed by atoms with Gasteiger partial charge in [-0.3, -0.25) is 4.79 Å². The smallest absolute Gasteiger partial charge is 0.255 e. The van der Waals surface area contributed by atoms with Crippen molar-refractivity contribution in [2.24, 2.45) is 0 Å². The van der Waals surface area contributed by atoms with Crippen molar-refractivity contribution in [2.45, 2.75) is 6.42 Å². The molecule has 0 aromatic heterocycles. The van der Waals surface area contributed by atoms with Crippen molar-refractivity contribution in [3.8, 4) is 11.5 Å². The van der Waals surface area contributed by atoms with Crippen molar-refractivity contribution in [3.63, 3.8) is 0 Å². The zero-order valence-corrected chi connectivity index (χ0v) is 12.3. The number of fused-ring (bicyclic) bond motifs is 1. The molecule has 0 unspecified atom stereocenters. The second-order valence-corrected chi connectivity index (χ2v) is 5.17. The summed E-state index contributed by atoms with van der Waals surface area (Å²) >= 11 is 5.69. The van der Waals surface area contributed by atoms with Crippen LogP contribution in [0.15, 0.2) is 36.4 Å². The summed E-state index contributed by atoms with van der Waals surface area (Å²) in [5.41, 5.74) is 0.383. The number of benzene rings is 2. The maximum Gasteiger partial charge on any atom is 0.255 e. The van der Waals surface area contributed by atoms with Gasteiger partial charge in [-0.25, -0.2) is 4.39 Å². The summed E-state index contributed by atoms with van der Waals surface area (Å²) in [7, 11) is 0. The standard InChI is InChI=1S/C16H13ClFNO3/c17-11-3-1-4-12(15(11)18)19-16(20)10-5-6-13-14(9-10)22-8-2-7-21-13/h1,3-6,9H,2,7-8H2,(H,19,20). The number of rotatable bonds is 2.